The van der Waals surface area contributed by atoms with Crippen LogP contribution in [0.5, 0.6) is 0 Å². The molecule has 1 N–H and O–H groups in total. The molecule has 5 heterocycles. The molecule has 0 aliphatic carbocycles. The van der Waals surface area contributed by atoms with E-state index in [1.165, 1.54) is 6.92 Å². The van der Waals surface area contributed by atoms with E-state index in [-0.39, 0.29) is 57.2 Å². The number of aliphatic imine (C=N–C) groups is 1. The van der Waals surface area contributed by atoms with Gasteiger partial charge in [0.25, 0.3) is 0 Å². The van der Waals surface area contributed by atoms with Crippen LogP contribution in [0.25, 0.3) is 0 Å². The molecule has 0 bridgehead atoms. The minimum Gasteiger partial charge on any atom is -0.450 e. The van der Waals surface area contributed by atoms with Crippen LogP contribution >= 0.6 is 0 Å². The lowest BCUT2D eigenvalue weighted by atomic mass is 9.93. The van der Waals surface area contributed by atoms with Crippen LogP contribution in [0.15, 0.2) is 187 Å². The van der Waals surface area contributed by atoms with Gasteiger partial charge in [0.2, 0.25) is 12.2 Å². The van der Waals surface area contributed by atoms with Gasteiger partial charge in [-0.3, -0.25) is 4.79 Å². The Morgan fingerprint density at radius 1 is 0.545 bits per heavy atom. The molecule has 4 saturated heterocycles. The van der Waals surface area contributed by atoms with Crippen LogP contribution in [-0.2, 0) is 104 Å². The second-order valence-electron chi connectivity index (χ2n) is 24.6. The summed E-state index contributed by atoms with van der Waals surface area (Å²) in [5.74, 6) is 0.0785. The second kappa shape index (κ2) is 29.7. The molecule has 4 fully saturated rings. The monoisotopic (exact) mass is 1220 g/mol. The van der Waals surface area contributed by atoms with Gasteiger partial charge in [-0.1, -0.05) is 203 Å². The molecule has 0 aromatic heterocycles. The summed E-state index contributed by atoms with van der Waals surface area (Å²) in [5, 5.41) is 3.01. The van der Waals surface area contributed by atoms with Crippen molar-refractivity contribution in [3.63, 3.8) is 0 Å². The first-order valence-electron chi connectivity index (χ1n) is 30.7. The number of nitrogens with zero attached hydrogens (tertiary/aromatic N) is 1. The van der Waals surface area contributed by atoms with Gasteiger partial charge in [-0.25, -0.2) is 4.99 Å². The van der Waals surface area contributed by atoms with E-state index >= 15 is 0 Å². The summed E-state index contributed by atoms with van der Waals surface area (Å²) in [6.07, 6.45) is -12.5. The number of benzene rings is 6. The third kappa shape index (κ3) is 16.1. The molecular weight excluding hydrogens is 1140 g/mol. The molecule has 11 rings (SSSR count). The maximum atomic E-state index is 14.0. The van der Waals surface area contributed by atoms with E-state index in [1.807, 2.05) is 182 Å². The summed E-state index contributed by atoms with van der Waals surface area (Å²) in [5.41, 5.74) is 5.55. The highest BCUT2D eigenvalue weighted by molar-refractivity contribution is 6.74. The number of carbonyl (C=O) groups excluding carboxylic acids is 1. The summed E-state index contributed by atoms with van der Waals surface area (Å²) >= 11 is 0. The molecule has 468 valence electrons. The zero-order valence-electron chi connectivity index (χ0n) is 51.3. The summed E-state index contributed by atoms with van der Waals surface area (Å²) in [6.45, 7) is 15.6. The van der Waals surface area contributed by atoms with Gasteiger partial charge in [0, 0.05) is 19.4 Å². The Labute approximate surface area is 518 Å². The highest BCUT2D eigenvalue weighted by atomic mass is 28.4. The lowest BCUT2D eigenvalue weighted by Crippen LogP contribution is -2.70. The molecule has 5 aliphatic heterocycles. The number of nitrogens with one attached hydrogen (secondary N) is 1. The molecule has 17 nitrogen and oxygen atoms in total. The van der Waals surface area contributed by atoms with Gasteiger partial charge in [0.1, 0.15) is 73.1 Å². The molecule has 0 saturated carbocycles. The Bertz CT molecular complexity index is 3110. The normalized spacial score (nSPS) is 29.7. The van der Waals surface area contributed by atoms with Gasteiger partial charge in [-0.2, -0.15) is 0 Å². The van der Waals surface area contributed by atoms with Gasteiger partial charge in [-0.05, 0) is 45.9 Å². The quantitative estimate of drug-likeness (QED) is 0.0537. The molecule has 0 spiro atoms. The SMILES string of the molecule is CC(=O)N[C@H]1[C@H](O[C@H]2[C@H](OCc3ccccc3)[C@H]3N=C(C)O[C@H]3O[C@@H]2COCc2ccccc2)O[C@H](COCc2ccccc2)[C@@H](O[C@@H]2O[C@@H]3COC(c4ccccc4)O[C@H]3[C@H](O[Si](C)(C)C(C)(C)C)[C@@H]2OCc2ccccc2)[C@@H]1OCc1ccccc1. The zero-order chi connectivity index (χ0) is 61.0. The van der Waals surface area contributed by atoms with Crippen LogP contribution in [0.3, 0.4) is 0 Å². The van der Waals surface area contributed by atoms with E-state index in [0.29, 0.717) is 12.5 Å². The van der Waals surface area contributed by atoms with Crippen LogP contribution in [0.4, 0.5) is 0 Å². The Kier molecular flexibility index (Phi) is 21.5. The zero-order valence-corrected chi connectivity index (χ0v) is 52.3. The van der Waals surface area contributed by atoms with Gasteiger partial charge in [0.05, 0.1) is 52.9 Å². The molecule has 1 unspecified atom stereocenters. The molecular formula is C70H84N2O15Si. The average Bonchev–Trinajstić information content (AvgIpc) is 1.08. The Morgan fingerprint density at radius 2 is 1.00 bits per heavy atom. The Morgan fingerprint density at radius 3 is 1.51 bits per heavy atom. The van der Waals surface area contributed by atoms with E-state index < -0.39 is 107 Å². The number of hydrogen-bond donors (Lipinski definition) is 1. The molecule has 0 radical (unpaired) electrons. The standard InChI is InChI=1S/C70H84N2O15Si/c1-46(73)71-57-62(76-40-50-30-18-10-19-31-50)60(86-69-65(78-42-52-34-22-12-23-35-52)64(87-88(6,7)70(3,4)5)61-56(83-69)45-79-66(84-61)53-36-24-13-25-37-53)55(44-75-39-49-28-16-9-17-29-49)82-68(57)85-59-54(43-74-38-48-26-14-8-15-27-48)81-67-58(72-47(2)80-67)63(59)77-41-51-32-20-11-21-33-51/h8-37,54-69H,38-45H2,1-7H3,(H,71,73)/t54-,55-,56-,57-,58-,59-,60-,61-,62-,63-,64+,65+,66?,67+,68+,69+/m1/s1. The Hall–Kier alpha value is -6.04. The predicted molar refractivity (Wildman–Crippen MR) is 331 cm³/mol. The van der Waals surface area contributed by atoms with Crippen LogP contribution in [0, 0.1) is 0 Å². The molecule has 5 aliphatic rings. The van der Waals surface area contributed by atoms with Crippen LogP contribution < -0.4 is 5.32 Å². The maximum Gasteiger partial charge on any atom is 0.227 e. The number of fused-ring (bicyclic) bond motifs is 2. The summed E-state index contributed by atoms with van der Waals surface area (Å²) in [6, 6.07) is 57.7. The fourth-order valence-electron chi connectivity index (χ4n) is 11.5. The number of amides is 1. The fraction of sp³-hybridized carbons (Fsp3) is 0.457. The van der Waals surface area contributed by atoms with Crippen molar-refractivity contribution in [2.24, 2.45) is 4.99 Å². The Balaban J connectivity index is 0.996. The van der Waals surface area contributed by atoms with Crippen LogP contribution in [0.1, 0.15) is 74.3 Å². The van der Waals surface area contributed by atoms with E-state index in [2.05, 4.69) is 39.2 Å². The van der Waals surface area contributed by atoms with E-state index in [1.54, 1.807) is 6.92 Å². The second-order valence-corrected chi connectivity index (χ2v) is 29.4. The van der Waals surface area contributed by atoms with Crippen molar-refractivity contribution in [1.82, 2.24) is 5.32 Å². The van der Waals surface area contributed by atoms with Gasteiger partial charge in [-0.15, -0.1) is 0 Å². The predicted octanol–water partition coefficient (Wildman–Crippen LogP) is 10.9. The van der Waals surface area contributed by atoms with Crippen molar-refractivity contribution < 1.29 is 70.8 Å². The third-order valence-corrected chi connectivity index (χ3v) is 21.5. The first kappa shape index (κ1) is 63.5. The molecule has 18 heteroatoms. The highest BCUT2D eigenvalue weighted by Crippen LogP contribution is 2.45. The molecule has 6 aromatic rings. The van der Waals surface area contributed by atoms with Crippen molar-refractivity contribution in [3.8, 4) is 0 Å². The van der Waals surface area contributed by atoms with Crippen molar-refractivity contribution in [2.75, 3.05) is 19.8 Å². The maximum absolute atomic E-state index is 14.0. The van der Waals surface area contributed by atoms with Crippen molar-refractivity contribution in [1.29, 1.82) is 0 Å². The van der Waals surface area contributed by atoms with Crippen molar-refractivity contribution in [2.45, 2.75) is 184 Å². The van der Waals surface area contributed by atoms with E-state index in [9.17, 15) is 4.79 Å². The van der Waals surface area contributed by atoms with Crippen molar-refractivity contribution >= 4 is 20.1 Å². The smallest absolute Gasteiger partial charge is 0.227 e. The lowest BCUT2D eigenvalue weighted by Gasteiger charge is -2.54. The first-order valence-corrected chi connectivity index (χ1v) is 33.6. The number of hydrogen-bond acceptors (Lipinski definition) is 16. The topological polar surface area (TPSA) is 171 Å². The minimum atomic E-state index is -2.65. The van der Waals surface area contributed by atoms with Gasteiger partial charge >= 0.3 is 0 Å². The lowest BCUT2D eigenvalue weighted by molar-refractivity contribution is -0.389. The summed E-state index contributed by atoms with van der Waals surface area (Å²) < 4.78 is 98.4. The number of carbonyl (C=O) groups is 1. The van der Waals surface area contributed by atoms with Gasteiger partial charge < -0.3 is 71.3 Å². The highest BCUT2D eigenvalue weighted by Gasteiger charge is 2.59. The first-order chi connectivity index (χ1) is 42.7. The largest absolute Gasteiger partial charge is 0.450 e. The van der Waals surface area contributed by atoms with Gasteiger partial charge in [0.15, 0.2) is 33.1 Å². The van der Waals surface area contributed by atoms with E-state index in [0.717, 1.165) is 33.4 Å². The minimum absolute atomic E-state index is 0.0264. The third-order valence-electron chi connectivity index (χ3n) is 17.1. The number of ether oxygens (including phenoxy) is 13. The molecule has 16 atom stereocenters. The molecule has 88 heavy (non-hydrogen) atoms. The van der Waals surface area contributed by atoms with E-state index in [4.69, 9.17) is 71.0 Å². The summed E-state index contributed by atoms with van der Waals surface area (Å²) in [4.78, 5) is 19.0. The molecule has 1 amide bonds. The van der Waals surface area contributed by atoms with Crippen molar-refractivity contribution in [3.05, 3.63) is 215 Å². The average molecular weight is 1220 g/mol. The molecule has 6 aromatic carbocycles. The van der Waals surface area contributed by atoms with Crippen LogP contribution in [-0.4, -0.2) is 132 Å². The van der Waals surface area contributed by atoms with Crippen LogP contribution in [0.2, 0.25) is 18.1 Å². The fourth-order valence-corrected chi connectivity index (χ4v) is 12.8. The number of rotatable bonds is 25. The summed E-state index contributed by atoms with van der Waals surface area (Å²) in [7, 11) is -2.65.